The molecule has 1 aromatic carbocycles. The normalized spacial score (nSPS) is 25.5. The van der Waals surface area contributed by atoms with Crippen molar-refractivity contribution in [3.63, 3.8) is 0 Å². The first-order chi connectivity index (χ1) is 11.0. The van der Waals surface area contributed by atoms with Gasteiger partial charge >= 0.3 is 0 Å². The molecule has 0 radical (unpaired) electrons. The zero-order valence-corrected chi connectivity index (χ0v) is 15.4. The van der Waals surface area contributed by atoms with Crippen LogP contribution in [0.4, 0.5) is 0 Å². The van der Waals surface area contributed by atoms with Gasteiger partial charge in [0.1, 0.15) is 0 Å². The van der Waals surface area contributed by atoms with E-state index in [1.165, 1.54) is 57.3 Å². The van der Waals surface area contributed by atoms with Gasteiger partial charge in [0.05, 0.1) is 0 Å². The number of ketones is 1. The van der Waals surface area contributed by atoms with E-state index in [1.807, 2.05) is 12.1 Å². The van der Waals surface area contributed by atoms with E-state index in [0.29, 0.717) is 5.92 Å². The molecule has 0 N–H and O–H groups in total. The largest absolute Gasteiger partial charge is 0.303 e. The maximum Gasteiger partial charge on any atom is 0.159 e. The van der Waals surface area contributed by atoms with Gasteiger partial charge in [-0.15, -0.1) is 0 Å². The summed E-state index contributed by atoms with van der Waals surface area (Å²) in [7, 11) is 0. The topological polar surface area (TPSA) is 20.3 Å². The summed E-state index contributed by atoms with van der Waals surface area (Å²) in [5, 5.41) is 0. The first-order valence-corrected chi connectivity index (χ1v) is 9.31. The highest BCUT2D eigenvalue weighted by atomic mass is 16.1. The number of unbranched alkanes of at least 4 members (excludes halogenated alkanes) is 3. The van der Waals surface area contributed by atoms with E-state index in [4.69, 9.17) is 0 Å². The monoisotopic (exact) mass is 315 g/mol. The molecule has 0 saturated carbocycles. The molecule has 23 heavy (non-hydrogen) atoms. The van der Waals surface area contributed by atoms with Crippen molar-refractivity contribution in [2.45, 2.75) is 65.2 Å². The molecular formula is C21H33NO. The highest BCUT2D eigenvalue weighted by Crippen LogP contribution is 2.39. The maximum absolute atomic E-state index is 11.7. The second kappa shape index (κ2) is 8.10. The lowest BCUT2D eigenvalue weighted by molar-refractivity contribution is 0.101. The Hall–Kier alpha value is -1.15. The Labute approximate surface area is 142 Å². The van der Waals surface area contributed by atoms with Crippen molar-refractivity contribution in [3.8, 4) is 0 Å². The summed E-state index contributed by atoms with van der Waals surface area (Å²) in [6.07, 6.45) is 6.54. The number of hydrogen-bond acceptors (Lipinski definition) is 2. The number of rotatable bonds is 7. The zero-order valence-electron chi connectivity index (χ0n) is 15.4. The Balaban J connectivity index is 2.01. The number of piperidine rings is 1. The first kappa shape index (κ1) is 18.2. The van der Waals surface area contributed by atoms with Crippen LogP contribution in [0.2, 0.25) is 0 Å². The van der Waals surface area contributed by atoms with Gasteiger partial charge in [-0.1, -0.05) is 58.2 Å². The van der Waals surface area contributed by atoms with Crippen molar-refractivity contribution >= 4 is 5.78 Å². The van der Waals surface area contributed by atoms with Gasteiger partial charge in [0.2, 0.25) is 0 Å². The maximum atomic E-state index is 11.7. The molecule has 1 aliphatic rings. The van der Waals surface area contributed by atoms with E-state index in [9.17, 15) is 4.79 Å². The summed E-state index contributed by atoms with van der Waals surface area (Å²) in [6, 6.07) is 8.31. The van der Waals surface area contributed by atoms with E-state index in [1.54, 1.807) is 6.92 Å². The third-order valence-corrected chi connectivity index (χ3v) is 5.82. The van der Waals surface area contributed by atoms with Crippen LogP contribution in [0.5, 0.6) is 0 Å². The van der Waals surface area contributed by atoms with Crippen LogP contribution in [0.15, 0.2) is 24.3 Å². The van der Waals surface area contributed by atoms with Crippen LogP contribution < -0.4 is 0 Å². The summed E-state index contributed by atoms with van der Waals surface area (Å²) in [5.41, 5.74) is 2.37. The van der Waals surface area contributed by atoms with Gasteiger partial charge in [0, 0.05) is 12.1 Å². The Morgan fingerprint density at radius 3 is 2.74 bits per heavy atom. The van der Waals surface area contributed by atoms with Crippen LogP contribution >= 0.6 is 0 Å². The summed E-state index contributed by atoms with van der Waals surface area (Å²) in [6.45, 7) is 12.3. The molecular weight excluding hydrogens is 282 g/mol. The molecule has 0 amide bonds. The summed E-state index contributed by atoms with van der Waals surface area (Å²) < 4.78 is 0. The molecule has 2 nitrogen and oxygen atoms in total. The van der Waals surface area contributed by atoms with Crippen molar-refractivity contribution in [2.24, 2.45) is 5.92 Å². The molecule has 0 aliphatic carbocycles. The highest BCUT2D eigenvalue weighted by Gasteiger charge is 2.37. The highest BCUT2D eigenvalue weighted by molar-refractivity contribution is 5.94. The first-order valence-electron chi connectivity index (χ1n) is 9.31. The van der Waals surface area contributed by atoms with Crippen molar-refractivity contribution in [3.05, 3.63) is 35.4 Å². The molecule has 1 fully saturated rings. The fourth-order valence-corrected chi connectivity index (χ4v) is 3.80. The van der Waals surface area contributed by atoms with E-state index in [0.717, 1.165) is 5.56 Å². The molecule has 2 heteroatoms. The molecule has 1 saturated heterocycles. The second-order valence-electron chi connectivity index (χ2n) is 7.57. The van der Waals surface area contributed by atoms with Gasteiger partial charge in [0.25, 0.3) is 0 Å². The Kier molecular flexibility index (Phi) is 6.41. The third-order valence-electron chi connectivity index (χ3n) is 5.82. The average Bonchev–Trinajstić information content (AvgIpc) is 2.55. The Bertz CT molecular complexity index is 524. The standard InChI is InChI=1S/C21H33NO/c1-5-6-7-8-13-22-14-12-21(4,17(2)16-22)20-11-9-10-19(15-20)18(3)23/h9-11,15,17H,5-8,12-14,16H2,1-4H3. The summed E-state index contributed by atoms with van der Waals surface area (Å²) >= 11 is 0. The van der Waals surface area contributed by atoms with Crippen LogP contribution in [-0.2, 0) is 5.41 Å². The lowest BCUT2D eigenvalue weighted by atomic mass is 9.67. The molecule has 2 rings (SSSR count). The molecule has 1 heterocycles. The minimum atomic E-state index is 0.163. The number of Topliss-reactive ketones (excluding diaryl/α,β-unsaturated/α-hetero) is 1. The average molecular weight is 316 g/mol. The van der Waals surface area contributed by atoms with E-state index in [2.05, 4.69) is 37.8 Å². The molecule has 2 atom stereocenters. The molecule has 0 spiro atoms. The van der Waals surface area contributed by atoms with Crippen LogP contribution in [0, 0.1) is 5.92 Å². The van der Waals surface area contributed by atoms with Crippen molar-refractivity contribution in [2.75, 3.05) is 19.6 Å². The number of nitrogens with zero attached hydrogens (tertiary/aromatic N) is 1. The molecule has 1 aromatic rings. The number of hydrogen-bond donors (Lipinski definition) is 0. The van der Waals surface area contributed by atoms with Crippen molar-refractivity contribution in [1.82, 2.24) is 4.90 Å². The predicted octanol–water partition coefficient (Wildman–Crippen LogP) is 5.07. The minimum Gasteiger partial charge on any atom is -0.303 e. The Morgan fingerprint density at radius 1 is 1.30 bits per heavy atom. The zero-order chi connectivity index (χ0) is 16.9. The summed E-state index contributed by atoms with van der Waals surface area (Å²) in [4.78, 5) is 14.3. The third kappa shape index (κ3) is 4.44. The lowest BCUT2D eigenvalue weighted by Gasteiger charge is -2.45. The van der Waals surface area contributed by atoms with Crippen LogP contribution in [0.3, 0.4) is 0 Å². The van der Waals surface area contributed by atoms with Crippen molar-refractivity contribution in [1.29, 1.82) is 0 Å². The van der Waals surface area contributed by atoms with Gasteiger partial charge in [-0.25, -0.2) is 0 Å². The fraction of sp³-hybridized carbons (Fsp3) is 0.667. The predicted molar refractivity (Wildman–Crippen MR) is 98.2 cm³/mol. The quantitative estimate of drug-likeness (QED) is 0.517. The number of carbonyl (C=O) groups excluding carboxylic acids is 1. The molecule has 1 aliphatic heterocycles. The summed E-state index contributed by atoms with van der Waals surface area (Å²) in [5.74, 6) is 0.779. The van der Waals surface area contributed by atoms with Gasteiger partial charge in [-0.3, -0.25) is 4.79 Å². The molecule has 128 valence electrons. The number of benzene rings is 1. The smallest absolute Gasteiger partial charge is 0.159 e. The van der Waals surface area contributed by atoms with E-state index >= 15 is 0 Å². The second-order valence-corrected chi connectivity index (χ2v) is 7.57. The van der Waals surface area contributed by atoms with Crippen LogP contribution in [0.1, 0.15) is 75.7 Å². The van der Waals surface area contributed by atoms with Gasteiger partial charge in [-0.2, -0.15) is 0 Å². The van der Waals surface area contributed by atoms with Gasteiger partial charge in [-0.05, 0) is 55.8 Å². The number of carbonyl (C=O) groups is 1. The van der Waals surface area contributed by atoms with Gasteiger partial charge < -0.3 is 4.90 Å². The van der Waals surface area contributed by atoms with E-state index < -0.39 is 0 Å². The SMILES string of the molecule is CCCCCCN1CCC(C)(c2cccc(C(C)=O)c2)C(C)C1. The molecule has 0 aromatic heterocycles. The van der Waals surface area contributed by atoms with Crippen LogP contribution in [0.25, 0.3) is 0 Å². The fourth-order valence-electron chi connectivity index (χ4n) is 3.80. The van der Waals surface area contributed by atoms with Crippen LogP contribution in [-0.4, -0.2) is 30.3 Å². The minimum absolute atomic E-state index is 0.163. The van der Waals surface area contributed by atoms with Crippen molar-refractivity contribution < 1.29 is 4.79 Å². The lowest BCUT2D eigenvalue weighted by Crippen LogP contribution is -2.47. The Morgan fingerprint density at radius 2 is 2.09 bits per heavy atom. The van der Waals surface area contributed by atoms with E-state index in [-0.39, 0.29) is 11.2 Å². The van der Waals surface area contributed by atoms with Gasteiger partial charge in [0.15, 0.2) is 5.78 Å². The molecule has 2 unspecified atom stereocenters. The number of likely N-dealkylation sites (tertiary alicyclic amines) is 1. The molecule has 0 bridgehead atoms.